The molecule has 0 saturated carbocycles. The first-order chi connectivity index (χ1) is 12.9. The Morgan fingerprint density at radius 3 is 2.41 bits per heavy atom. The molecule has 2 aliphatic rings. The van der Waals surface area contributed by atoms with Gasteiger partial charge in [0.2, 0.25) is 10.0 Å². The molecule has 3 heterocycles. The van der Waals surface area contributed by atoms with Gasteiger partial charge in [-0.1, -0.05) is 17.7 Å². The number of rotatable bonds is 3. The SMILES string of the molecule is Cc1ccc(N2CCN(S(=O)(=O)c3cc4n(c3)CCCNC4=O)CC2)cc1. The van der Waals surface area contributed by atoms with Crippen LogP contribution in [0.3, 0.4) is 0 Å². The Balaban J connectivity index is 1.50. The molecule has 1 aromatic carbocycles. The maximum absolute atomic E-state index is 13.0. The third kappa shape index (κ3) is 3.46. The van der Waals surface area contributed by atoms with Crippen LogP contribution in [0.5, 0.6) is 0 Å². The van der Waals surface area contributed by atoms with Gasteiger partial charge in [0, 0.05) is 51.2 Å². The number of fused-ring (bicyclic) bond motifs is 1. The summed E-state index contributed by atoms with van der Waals surface area (Å²) in [7, 11) is -3.60. The maximum Gasteiger partial charge on any atom is 0.267 e. The van der Waals surface area contributed by atoms with E-state index in [1.54, 1.807) is 10.8 Å². The van der Waals surface area contributed by atoms with Crippen LogP contribution in [0.2, 0.25) is 0 Å². The number of carbonyl (C=O) groups excluding carboxylic acids is 1. The topological polar surface area (TPSA) is 74.7 Å². The molecule has 1 N–H and O–H groups in total. The average molecular weight is 388 g/mol. The van der Waals surface area contributed by atoms with Crippen LogP contribution in [-0.2, 0) is 16.6 Å². The van der Waals surface area contributed by atoms with E-state index in [4.69, 9.17) is 0 Å². The molecule has 0 bridgehead atoms. The van der Waals surface area contributed by atoms with Crippen molar-refractivity contribution in [2.45, 2.75) is 24.8 Å². The van der Waals surface area contributed by atoms with Gasteiger partial charge in [-0.15, -0.1) is 0 Å². The zero-order chi connectivity index (χ0) is 19.0. The number of aryl methyl sites for hydroxylation is 2. The fraction of sp³-hybridized carbons (Fsp3) is 0.421. The smallest absolute Gasteiger partial charge is 0.267 e. The lowest BCUT2D eigenvalue weighted by Crippen LogP contribution is -2.48. The molecule has 2 aromatic rings. The third-order valence-electron chi connectivity index (χ3n) is 5.24. The Hall–Kier alpha value is -2.32. The Labute approximate surface area is 159 Å². The summed E-state index contributed by atoms with van der Waals surface area (Å²) in [6, 6.07) is 9.78. The zero-order valence-electron chi connectivity index (χ0n) is 15.4. The molecule has 144 valence electrons. The fourth-order valence-corrected chi connectivity index (χ4v) is 5.10. The van der Waals surface area contributed by atoms with Crippen molar-refractivity contribution in [3.05, 3.63) is 47.8 Å². The number of benzene rings is 1. The highest BCUT2D eigenvalue weighted by molar-refractivity contribution is 7.89. The minimum absolute atomic E-state index is 0.207. The quantitative estimate of drug-likeness (QED) is 0.864. The molecular formula is C19H24N4O3S. The lowest BCUT2D eigenvalue weighted by molar-refractivity contribution is 0.0951. The number of anilines is 1. The minimum Gasteiger partial charge on any atom is -0.369 e. The summed E-state index contributed by atoms with van der Waals surface area (Å²) >= 11 is 0. The molecule has 2 aliphatic heterocycles. The normalized spacial score (nSPS) is 18.7. The Kier molecular flexibility index (Phi) is 4.69. The summed E-state index contributed by atoms with van der Waals surface area (Å²) in [5, 5.41) is 2.80. The average Bonchev–Trinajstić information content (AvgIpc) is 3.04. The molecule has 0 atom stereocenters. The van der Waals surface area contributed by atoms with Gasteiger partial charge in [0.25, 0.3) is 5.91 Å². The summed E-state index contributed by atoms with van der Waals surface area (Å²) < 4.78 is 29.4. The number of aromatic nitrogens is 1. The number of sulfonamides is 1. The van der Waals surface area contributed by atoms with E-state index in [1.165, 1.54) is 15.9 Å². The van der Waals surface area contributed by atoms with Gasteiger partial charge in [-0.2, -0.15) is 4.31 Å². The minimum atomic E-state index is -3.60. The van der Waals surface area contributed by atoms with Crippen LogP contribution in [0.1, 0.15) is 22.5 Å². The highest BCUT2D eigenvalue weighted by Crippen LogP contribution is 2.24. The van der Waals surface area contributed by atoms with Crippen molar-refractivity contribution in [1.29, 1.82) is 0 Å². The standard InChI is InChI=1S/C19H24N4O3S/c1-15-3-5-16(6-4-15)21-9-11-23(12-10-21)27(25,26)17-13-18-19(24)20-7-2-8-22(18)14-17/h3-6,13-14H,2,7-12H2,1H3,(H,20,24). The van der Waals surface area contributed by atoms with Gasteiger partial charge in [-0.3, -0.25) is 4.79 Å². The summed E-state index contributed by atoms with van der Waals surface area (Å²) in [6.45, 7) is 5.47. The van der Waals surface area contributed by atoms with Gasteiger partial charge in [0.05, 0.1) is 0 Å². The van der Waals surface area contributed by atoms with Crippen LogP contribution in [0.4, 0.5) is 5.69 Å². The van der Waals surface area contributed by atoms with E-state index in [0.717, 1.165) is 12.1 Å². The first-order valence-electron chi connectivity index (χ1n) is 9.25. The molecule has 27 heavy (non-hydrogen) atoms. The van der Waals surface area contributed by atoms with Gasteiger partial charge < -0.3 is 14.8 Å². The van der Waals surface area contributed by atoms with Crippen molar-refractivity contribution in [3.8, 4) is 0 Å². The molecule has 0 radical (unpaired) electrons. The molecule has 7 nitrogen and oxygen atoms in total. The second-order valence-electron chi connectivity index (χ2n) is 7.09. The molecule has 0 unspecified atom stereocenters. The van der Waals surface area contributed by atoms with Gasteiger partial charge in [-0.05, 0) is 31.5 Å². The lowest BCUT2D eigenvalue weighted by Gasteiger charge is -2.35. The van der Waals surface area contributed by atoms with Crippen LogP contribution in [-0.4, -0.2) is 55.9 Å². The predicted molar refractivity (Wildman–Crippen MR) is 104 cm³/mol. The first kappa shape index (κ1) is 18.1. The van der Waals surface area contributed by atoms with E-state index in [9.17, 15) is 13.2 Å². The van der Waals surface area contributed by atoms with Crippen LogP contribution in [0, 0.1) is 6.92 Å². The number of carbonyl (C=O) groups is 1. The third-order valence-corrected chi connectivity index (χ3v) is 7.10. The maximum atomic E-state index is 13.0. The van der Waals surface area contributed by atoms with Crippen molar-refractivity contribution < 1.29 is 13.2 Å². The van der Waals surface area contributed by atoms with Gasteiger partial charge in [-0.25, -0.2) is 8.42 Å². The highest BCUT2D eigenvalue weighted by Gasteiger charge is 2.31. The second-order valence-corrected chi connectivity index (χ2v) is 9.03. The predicted octanol–water partition coefficient (Wildman–Crippen LogP) is 1.44. The highest BCUT2D eigenvalue weighted by atomic mass is 32.2. The van der Waals surface area contributed by atoms with Crippen LogP contribution >= 0.6 is 0 Å². The Bertz CT molecular complexity index is 942. The first-order valence-corrected chi connectivity index (χ1v) is 10.7. The van der Waals surface area contributed by atoms with Crippen molar-refractivity contribution >= 4 is 21.6 Å². The number of amides is 1. The Morgan fingerprint density at radius 2 is 1.70 bits per heavy atom. The molecule has 8 heteroatoms. The van der Waals surface area contributed by atoms with E-state index in [1.807, 2.05) is 6.92 Å². The number of piperazine rings is 1. The van der Waals surface area contributed by atoms with E-state index in [-0.39, 0.29) is 10.8 Å². The Morgan fingerprint density at radius 1 is 1.00 bits per heavy atom. The molecule has 0 spiro atoms. The summed E-state index contributed by atoms with van der Waals surface area (Å²) in [4.78, 5) is 14.5. The van der Waals surface area contributed by atoms with E-state index in [0.29, 0.717) is 45.0 Å². The fourth-order valence-electron chi connectivity index (χ4n) is 3.63. The van der Waals surface area contributed by atoms with E-state index < -0.39 is 10.0 Å². The van der Waals surface area contributed by atoms with Gasteiger partial charge in [0.1, 0.15) is 10.6 Å². The van der Waals surface area contributed by atoms with Crippen LogP contribution in [0.15, 0.2) is 41.4 Å². The largest absolute Gasteiger partial charge is 0.369 e. The van der Waals surface area contributed by atoms with Gasteiger partial charge in [0.15, 0.2) is 0 Å². The lowest BCUT2D eigenvalue weighted by atomic mass is 10.2. The number of hydrogen-bond acceptors (Lipinski definition) is 4. The summed E-state index contributed by atoms with van der Waals surface area (Å²) in [5.41, 5.74) is 2.74. The van der Waals surface area contributed by atoms with E-state index in [2.05, 4.69) is 34.5 Å². The van der Waals surface area contributed by atoms with Crippen molar-refractivity contribution in [2.75, 3.05) is 37.6 Å². The number of hydrogen-bond donors (Lipinski definition) is 1. The molecule has 4 rings (SSSR count). The number of nitrogens with one attached hydrogen (secondary N) is 1. The summed E-state index contributed by atoms with van der Waals surface area (Å²) in [6.07, 6.45) is 2.39. The molecule has 1 amide bonds. The van der Waals surface area contributed by atoms with Crippen LogP contribution in [0.25, 0.3) is 0 Å². The van der Waals surface area contributed by atoms with Gasteiger partial charge >= 0.3 is 0 Å². The van der Waals surface area contributed by atoms with Crippen molar-refractivity contribution in [1.82, 2.24) is 14.2 Å². The zero-order valence-corrected chi connectivity index (χ0v) is 16.2. The molecule has 1 fully saturated rings. The number of nitrogens with zero attached hydrogens (tertiary/aromatic N) is 3. The monoisotopic (exact) mass is 388 g/mol. The summed E-state index contributed by atoms with van der Waals surface area (Å²) in [5.74, 6) is -0.210. The van der Waals surface area contributed by atoms with Crippen molar-refractivity contribution in [2.24, 2.45) is 0 Å². The van der Waals surface area contributed by atoms with Crippen LogP contribution < -0.4 is 10.2 Å². The molecule has 1 aromatic heterocycles. The molecular weight excluding hydrogens is 364 g/mol. The van der Waals surface area contributed by atoms with Crippen molar-refractivity contribution in [3.63, 3.8) is 0 Å². The second kappa shape index (κ2) is 7.01. The van der Waals surface area contributed by atoms with E-state index >= 15 is 0 Å². The molecule has 1 saturated heterocycles. The molecule has 0 aliphatic carbocycles.